The molecule has 0 aliphatic heterocycles. The van der Waals surface area contributed by atoms with E-state index in [1.54, 1.807) is 0 Å². The minimum atomic E-state index is 0.209. The predicted octanol–water partition coefficient (Wildman–Crippen LogP) is 2.78. The van der Waals surface area contributed by atoms with Gasteiger partial charge in [-0.05, 0) is 24.1 Å². The van der Waals surface area contributed by atoms with Crippen molar-refractivity contribution in [3.05, 3.63) is 29.8 Å². The highest BCUT2D eigenvalue weighted by molar-refractivity contribution is 5.47. The fourth-order valence-electron chi connectivity index (χ4n) is 1.99. The Morgan fingerprint density at radius 2 is 1.84 bits per heavy atom. The number of aliphatic hydroxyl groups excluding tert-OH is 1. The van der Waals surface area contributed by atoms with Gasteiger partial charge in [0.25, 0.3) is 0 Å². The van der Waals surface area contributed by atoms with Gasteiger partial charge in [0.1, 0.15) is 0 Å². The lowest BCUT2D eigenvalue weighted by Gasteiger charge is -2.24. The number of rotatable bonds is 9. The molecule has 1 rings (SSSR count). The highest BCUT2D eigenvalue weighted by atomic mass is 16.3. The van der Waals surface area contributed by atoms with E-state index in [1.165, 1.54) is 17.7 Å². The predicted molar refractivity (Wildman–Crippen MR) is 82.6 cm³/mol. The lowest BCUT2D eigenvalue weighted by atomic mass is 10.1. The molecule has 0 fully saturated rings. The molecular weight excluding hydrogens is 236 g/mol. The van der Waals surface area contributed by atoms with Gasteiger partial charge in [0.2, 0.25) is 0 Å². The highest BCUT2D eigenvalue weighted by Gasteiger charge is 2.05. The number of aliphatic hydroxyl groups is 1. The van der Waals surface area contributed by atoms with Crippen LogP contribution in [0.5, 0.6) is 0 Å². The van der Waals surface area contributed by atoms with Crippen molar-refractivity contribution < 1.29 is 5.11 Å². The Bertz CT molecular complexity index is 335. The van der Waals surface area contributed by atoms with Gasteiger partial charge in [-0.3, -0.25) is 0 Å². The van der Waals surface area contributed by atoms with Crippen LogP contribution in [0, 0.1) is 0 Å². The van der Waals surface area contributed by atoms with Crippen LogP contribution in [0.1, 0.15) is 39.2 Å². The summed E-state index contributed by atoms with van der Waals surface area (Å²) in [5, 5.41) is 12.6. The number of nitrogens with one attached hydrogen (secondary N) is 1. The topological polar surface area (TPSA) is 35.5 Å². The van der Waals surface area contributed by atoms with Crippen molar-refractivity contribution in [2.75, 3.05) is 24.6 Å². The summed E-state index contributed by atoms with van der Waals surface area (Å²) in [4.78, 5) is 2.25. The van der Waals surface area contributed by atoms with E-state index in [0.29, 0.717) is 12.6 Å². The van der Waals surface area contributed by atoms with E-state index in [4.69, 9.17) is 5.11 Å². The molecule has 2 N–H and O–H groups in total. The van der Waals surface area contributed by atoms with Gasteiger partial charge in [0.15, 0.2) is 0 Å². The first-order valence-corrected chi connectivity index (χ1v) is 7.35. The molecule has 0 spiro atoms. The molecule has 0 aliphatic carbocycles. The summed E-state index contributed by atoms with van der Waals surface area (Å²) in [5.41, 5.74) is 2.51. The Kier molecular flexibility index (Phi) is 7.53. The highest BCUT2D eigenvalue weighted by Crippen LogP contribution is 2.16. The zero-order valence-electron chi connectivity index (χ0n) is 12.5. The second kappa shape index (κ2) is 8.94. The van der Waals surface area contributed by atoms with Crippen molar-refractivity contribution in [1.82, 2.24) is 5.32 Å². The molecule has 19 heavy (non-hydrogen) atoms. The minimum absolute atomic E-state index is 0.209. The first-order valence-electron chi connectivity index (χ1n) is 7.35. The first kappa shape index (κ1) is 16.0. The molecule has 0 bridgehead atoms. The molecule has 0 atom stereocenters. The number of unbranched alkanes of at least 4 members (excludes halogenated alkanes) is 1. The third-order valence-electron chi connectivity index (χ3n) is 3.17. The molecule has 0 aliphatic rings. The Balaban J connectivity index is 2.60. The molecule has 0 amide bonds. The molecule has 3 nitrogen and oxygen atoms in total. The fourth-order valence-corrected chi connectivity index (χ4v) is 1.99. The number of hydrogen-bond acceptors (Lipinski definition) is 3. The number of nitrogens with zero attached hydrogens (tertiary/aromatic N) is 1. The van der Waals surface area contributed by atoms with Crippen LogP contribution in [0.4, 0.5) is 5.69 Å². The molecule has 0 unspecified atom stereocenters. The summed E-state index contributed by atoms with van der Waals surface area (Å²) in [6.07, 6.45) is 2.34. The molecule has 0 saturated heterocycles. The average Bonchev–Trinajstić information content (AvgIpc) is 2.42. The van der Waals surface area contributed by atoms with Crippen LogP contribution in [0.2, 0.25) is 0 Å². The second-order valence-electron chi connectivity index (χ2n) is 5.27. The van der Waals surface area contributed by atoms with E-state index < -0.39 is 0 Å². The molecule has 108 valence electrons. The number of benzene rings is 1. The van der Waals surface area contributed by atoms with Crippen LogP contribution in [-0.2, 0) is 6.54 Å². The van der Waals surface area contributed by atoms with E-state index >= 15 is 0 Å². The van der Waals surface area contributed by atoms with Gasteiger partial charge in [-0.25, -0.2) is 0 Å². The van der Waals surface area contributed by atoms with Gasteiger partial charge < -0.3 is 15.3 Å². The molecule has 0 saturated carbocycles. The lowest BCUT2D eigenvalue weighted by Crippen LogP contribution is -2.27. The summed E-state index contributed by atoms with van der Waals surface area (Å²) in [6.45, 7) is 9.35. The summed E-state index contributed by atoms with van der Waals surface area (Å²) >= 11 is 0. The molecule has 3 heteroatoms. The van der Waals surface area contributed by atoms with Gasteiger partial charge >= 0.3 is 0 Å². The van der Waals surface area contributed by atoms with Crippen LogP contribution in [0.3, 0.4) is 0 Å². The van der Waals surface area contributed by atoms with Gasteiger partial charge in [-0.1, -0.05) is 39.3 Å². The maximum absolute atomic E-state index is 9.15. The van der Waals surface area contributed by atoms with Gasteiger partial charge in [-0.15, -0.1) is 0 Å². The van der Waals surface area contributed by atoms with E-state index in [9.17, 15) is 0 Å². The Labute approximate surface area is 117 Å². The normalized spacial score (nSPS) is 11.0. The second-order valence-corrected chi connectivity index (χ2v) is 5.27. The largest absolute Gasteiger partial charge is 0.395 e. The van der Waals surface area contributed by atoms with Crippen molar-refractivity contribution in [3.63, 3.8) is 0 Å². The molecule has 1 aromatic rings. The van der Waals surface area contributed by atoms with Crippen molar-refractivity contribution in [2.45, 2.75) is 46.2 Å². The number of hydrogen-bond donors (Lipinski definition) is 2. The van der Waals surface area contributed by atoms with Crippen molar-refractivity contribution in [3.8, 4) is 0 Å². The molecule has 0 heterocycles. The fraction of sp³-hybridized carbons (Fsp3) is 0.625. The van der Waals surface area contributed by atoms with Gasteiger partial charge in [0.05, 0.1) is 6.61 Å². The molecular formula is C16H28N2O. The zero-order valence-corrected chi connectivity index (χ0v) is 12.5. The summed E-state index contributed by atoms with van der Waals surface area (Å²) in [7, 11) is 0. The van der Waals surface area contributed by atoms with E-state index in [0.717, 1.165) is 19.5 Å². The maximum atomic E-state index is 9.15. The van der Waals surface area contributed by atoms with Gasteiger partial charge in [-0.2, -0.15) is 0 Å². The average molecular weight is 264 g/mol. The van der Waals surface area contributed by atoms with E-state index in [1.807, 2.05) is 0 Å². The van der Waals surface area contributed by atoms with Gasteiger partial charge in [0, 0.05) is 31.4 Å². The summed E-state index contributed by atoms with van der Waals surface area (Å²) in [6, 6.07) is 9.16. The van der Waals surface area contributed by atoms with E-state index in [-0.39, 0.29) is 6.61 Å². The van der Waals surface area contributed by atoms with E-state index in [2.05, 4.69) is 55.3 Å². The monoisotopic (exact) mass is 264 g/mol. The SMILES string of the molecule is CCCCN(CCO)c1ccc(CNC(C)C)cc1. The van der Waals surface area contributed by atoms with Crippen LogP contribution in [0.25, 0.3) is 0 Å². The van der Waals surface area contributed by atoms with Crippen LogP contribution < -0.4 is 10.2 Å². The first-order chi connectivity index (χ1) is 9.17. The maximum Gasteiger partial charge on any atom is 0.0606 e. The van der Waals surface area contributed by atoms with Crippen molar-refractivity contribution >= 4 is 5.69 Å². The van der Waals surface area contributed by atoms with Crippen LogP contribution >= 0.6 is 0 Å². The molecule has 0 radical (unpaired) electrons. The molecule has 0 aromatic heterocycles. The summed E-state index contributed by atoms with van der Waals surface area (Å²) in [5.74, 6) is 0. The number of anilines is 1. The quantitative estimate of drug-likeness (QED) is 0.720. The minimum Gasteiger partial charge on any atom is -0.395 e. The summed E-state index contributed by atoms with van der Waals surface area (Å²) < 4.78 is 0. The molecule has 1 aromatic carbocycles. The standard InChI is InChI=1S/C16H28N2O/c1-4-5-10-18(11-12-19)16-8-6-15(7-9-16)13-17-14(2)3/h6-9,14,17,19H,4-5,10-13H2,1-3H3. The van der Waals surface area contributed by atoms with Crippen molar-refractivity contribution in [2.24, 2.45) is 0 Å². The third kappa shape index (κ3) is 6.08. The van der Waals surface area contributed by atoms with Crippen molar-refractivity contribution in [1.29, 1.82) is 0 Å². The Hall–Kier alpha value is -1.06. The zero-order chi connectivity index (χ0) is 14.1. The Morgan fingerprint density at radius 3 is 2.37 bits per heavy atom. The van der Waals surface area contributed by atoms with Crippen LogP contribution in [-0.4, -0.2) is 30.8 Å². The lowest BCUT2D eigenvalue weighted by molar-refractivity contribution is 0.301. The third-order valence-corrected chi connectivity index (χ3v) is 3.17. The smallest absolute Gasteiger partial charge is 0.0606 e. The van der Waals surface area contributed by atoms with Crippen LogP contribution in [0.15, 0.2) is 24.3 Å². The Morgan fingerprint density at radius 1 is 1.16 bits per heavy atom.